The number of rotatable bonds is 2. The summed E-state index contributed by atoms with van der Waals surface area (Å²) in [6, 6.07) is 5.57. The number of nitrogens with one attached hydrogen (secondary N) is 2. The van der Waals surface area contributed by atoms with Gasteiger partial charge in [0.05, 0.1) is 17.9 Å². The molecule has 0 saturated carbocycles. The van der Waals surface area contributed by atoms with Crippen LogP contribution in [0.25, 0.3) is 11.3 Å². The molecule has 1 unspecified atom stereocenters. The van der Waals surface area contributed by atoms with Crippen molar-refractivity contribution in [2.75, 3.05) is 6.54 Å². The van der Waals surface area contributed by atoms with Crippen molar-refractivity contribution in [3.63, 3.8) is 0 Å². The van der Waals surface area contributed by atoms with E-state index in [9.17, 15) is 4.39 Å². The highest BCUT2D eigenvalue weighted by molar-refractivity contribution is 5.59. The highest BCUT2D eigenvalue weighted by Crippen LogP contribution is 2.24. The Morgan fingerprint density at radius 1 is 1.39 bits per heavy atom. The molecule has 18 heavy (non-hydrogen) atoms. The van der Waals surface area contributed by atoms with E-state index < -0.39 is 0 Å². The minimum atomic E-state index is -0.178. The lowest BCUT2D eigenvalue weighted by Gasteiger charge is -2.05. The molecular weight excluding hydrogens is 229 g/mol. The molecule has 1 aliphatic heterocycles. The normalized spacial score (nSPS) is 19.3. The van der Waals surface area contributed by atoms with Crippen LogP contribution in [0, 0.1) is 12.7 Å². The molecule has 0 radical (unpaired) electrons. The molecule has 1 aromatic carbocycles. The van der Waals surface area contributed by atoms with Crippen molar-refractivity contribution in [2.45, 2.75) is 25.8 Å². The van der Waals surface area contributed by atoms with Crippen LogP contribution in [-0.2, 0) is 0 Å². The largest absolute Gasteiger partial charge is 0.341 e. The topological polar surface area (TPSA) is 40.7 Å². The number of hydrogen-bond donors (Lipinski definition) is 2. The third-order valence-corrected chi connectivity index (χ3v) is 3.47. The standard InChI is InChI=1S/C14H16FN3/c1-9-4-5-10(7-11(9)15)13-8-17-14(18-13)12-3-2-6-16-12/h4-5,7-8,12,16H,2-3,6H2,1H3,(H,17,18). The van der Waals surface area contributed by atoms with E-state index in [1.54, 1.807) is 25.3 Å². The van der Waals surface area contributed by atoms with Crippen molar-refractivity contribution in [3.05, 3.63) is 41.6 Å². The third-order valence-electron chi connectivity index (χ3n) is 3.47. The number of H-pyrrole nitrogens is 1. The Labute approximate surface area is 105 Å². The monoisotopic (exact) mass is 245 g/mol. The molecule has 2 heterocycles. The maximum absolute atomic E-state index is 13.5. The third kappa shape index (κ3) is 2.04. The number of aromatic amines is 1. The van der Waals surface area contributed by atoms with Gasteiger partial charge in [-0.1, -0.05) is 12.1 Å². The van der Waals surface area contributed by atoms with E-state index in [0.29, 0.717) is 11.6 Å². The number of aromatic nitrogens is 2. The van der Waals surface area contributed by atoms with E-state index in [2.05, 4.69) is 15.3 Å². The number of halogens is 1. The van der Waals surface area contributed by atoms with Gasteiger partial charge >= 0.3 is 0 Å². The molecule has 0 spiro atoms. The van der Waals surface area contributed by atoms with Crippen LogP contribution in [0.3, 0.4) is 0 Å². The summed E-state index contributed by atoms with van der Waals surface area (Å²) in [6.45, 7) is 2.81. The minimum absolute atomic E-state index is 0.178. The van der Waals surface area contributed by atoms with Gasteiger partial charge in [-0.05, 0) is 37.9 Å². The van der Waals surface area contributed by atoms with E-state index >= 15 is 0 Å². The van der Waals surface area contributed by atoms with Crippen molar-refractivity contribution >= 4 is 0 Å². The van der Waals surface area contributed by atoms with Gasteiger partial charge in [-0.15, -0.1) is 0 Å². The Kier molecular flexibility index (Phi) is 2.88. The smallest absolute Gasteiger partial charge is 0.126 e. The first-order valence-corrected chi connectivity index (χ1v) is 6.29. The molecule has 0 amide bonds. The summed E-state index contributed by atoms with van der Waals surface area (Å²) in [7, 11) is 0. The molecule has 3 rings (SSSR count). The Balaban J connectivity index is 1.89. The fourth-order valence-electron chi connectivity index (χ4n) is 2.34. The quantitative estimate of drug-likeness (QED) is 0.854. The molecule has 4 heteroatoms. The summed E-state index contributed by atoms with van der Waals surface area (Å²) in [5, 5.41) is 3.39. The zero-order valence-corrected chi connectivity index (χ0v) is 10.3. The first-order valence-electron chi connectivity index (χ1n) is 6.29. The number of hydrogen-bond acceptors (Lipinski definition) is 2. The van der Waals surface area contributed by atoms with Gasteiger partial charge in [0.15, 0.2) is 0 Å². The summed E-state index contributed by atoms with van der Waals surface area (Å²) in [5.74, 6) is 0.770. The summed E-state index contributed by atoms with van der Waals surface area (Å²) in [5.41, 5.74) is 2.38. The molecule has 0 aliphatic carbocycles. The van der Waals surface area contributed by atoms with E-state index in [4.69, 9.17) is 0 Å². The summed E-state index contributed by atoms with van der Waals surface area (Å²) in [6.07, 6.45) is 4.06. The summed E-state index contributed by atoms with van der Waals surface area (Å²) < 4.78 is 13.5. The molecule has 2 N–H and O–H groups in total. The number of aryl methyl sites for hydroxylation is 1. The van der Waals surface area contributed by atoms with E-state index in [0.717, 1.165) is 30.0 Å². The predicted molar refractivity (Wildman–Crippen MR) is 68.7 cm³/mol. The van der Waals surface area contributed by atoms with Gasteiger partial charge in [0, 0.05) is 5.56 Å². The maximum Gasteiger partial charge on any atom is 0.126 e. The molecular formula is C14H16FN3. The molecule has 1 aliphatic rings. The van der Waals surface area contributed by atoms with Crippen LogP contribution < -0.4 is 5.32 Å². The lowest BCUT2D eigenvalue weighted by atomic mass is 10.1. The van der Waals surface area contributed by atoms with E-state index in [1.165, 1.54) is 6.42 Å². The zero-order valence-electron chi connectivity index (χ0n) is 10.3. The average molecular weight is 245 g/mol. The second kappa shape index (κ2) is 4.53. The molecule has 1 saturated heterocycles. The van der Waals surface area contributed by atoms with Gasteiger partial charge in [0.2, 0.25) is 0 Å². The minimum Gasteiger partial charge on any atom is -0.341 e. The molecule has 0 bridgehead atoms. The van der Waals surface area contributed by atoms with Crippen LogP contribution in [-0.4, -0.2) is 16.5 Å². The van der Waals surface area contributed by atoms with E-state index in [1.807, 2.05) is 6.07 Å². The van der Waals surface area contributed by atoms with Crippen molar-refractivity contribution < 1.29 is 4.39 Å². The van der Waals surface area contributed by atoms with Gasteiger partial charge in [0.25, 0.3) is 0 Å². The van der Waals surface area contributed by atoms with Gasteiger partial charge in [-0.2, -0.15) is 0 Å². The summed E-state index contributed by atoms with van der Waals surface area (Å²) >= 11 is 0. The van der Waals surface area contributed by atoms with E-state index in [-0.39, 0.29) is 5.82 Å². The van der Waals surface area contributed by atoms with Crippen molar-refractivity contribution in [2.24, 2.45) is 0 Å². The molecule has 1 aromatic heterocycles. The second-order valence-electron chi connectivity index (χ2n) is 4.80. The lowest BCUT2D eigenvalue weighted by molar-refractivity contribution is 0.612. The number of imidazole rings is 1. The van der Waals surface area contributed by atoms with Crippen molar-refractivity contribution in [1.29, 1.82) is 0 Å². The van der Waals surface area contributed by atoms with Gasteiger partial charge < -0.3 is 10.3 Å². The van der Waals surface area contributed by atoms with Gasteiger partial charge in [-0.3, -0.25) is 0 Å². The molecule has 1 fully saturated rings. The number of nitrogens with zero attached hydrogens (tertiary/aromatic N) is 1. The predicted octanol–water partition coefficient (Wildman–Crippen LogP) is 2.95. The Morgan fingerprint density at radius 2 is 2.28 bits per heavy atom. The Hall–Kier alpha value is -1.68. The highest BCUT2D eigenvalue weighted by Gasteiger charge is 2.19. The first-order chi connectivity index (χ1) is 8.74. The van der Waals surface area contributed by atoms with Crippen LogP contribution in [0.1, 0.15) is 30.3 Å². The van der Waals surface area contributed by atoms with Crippen LogP contribution in [0.2, 0.25) is 0 Å². The number of benzene rings is 1. The SMILES string of the molecule is Cc1ccc(-c2cnc(C3CCCN3)[nH]2)cc1F. The average Bonchev–Trinajstić information content (AvgIpc) is 3.01. The lowest BCUT2D eigenvalue weighted by Crippen LogP contribution is -2.14. The van der Waals surface area contributed by atoms with Crippen molar-refractivity contribution in [1.82, 2.24) is 15.3 Å². The zero-order chi connectivity index (χ0) is 12.5. The molecule has 94 valence electrons. The molecule has 1 atom stereocenters. The fourth-order valence-corrected chi connectivity index (χ4v) is 2.34. The van der Waals surface area contributed by atoms with Crippen LogP contribution in [0.15, 0.2) is 24.4 Å². The van der Waals surface area contributed by atoms with Gasteiger partial charge in [-0.25, -0.2) is 9.37 Å². The van der Waals surface area contributed by atoms with Crippen LogP contribution in [0.5, 0.6) is 0 Å². The molecule has 3 nitrogen and oxygen atoms in total. The van der Waals surface area contributed by atoms with Crippen LogP contribution in [0.4, 0.5) is 4.39 Å². The van der Waals surface area contributed by atoms with Crippen LogP contribution >= 0.6 is 0 Å². The second-order valence-corrected chi connectivity index (χ2v) is 4.80. The fraction of sp³-hybridized carbons (Fsp3) is 0.357. The highest BCUT2D eigenvalue weighted by atomic mass is 19.1. The van der Waals surface area contributed by atoms with Crippen molar-refractivity contribution in [3.8, 4) is 11.3 Å². The Morgan fingerprint density at radius 3 is 3.00 bits per heavy atom. The maximum atomic E-state index is 13.5. The summed E-state index contributed by atoms with van der Waals surface area (Å²) in [4.78, 5) is 7.66. The first kappa shape index (κ1) is 11.4. The molecule has 2 aromatic rings. The van der Waals surface area contributed by atoms with Gasteiger partial charge in [0.1, 0.15) is 11.6 Å². The Bertz CT molecular complexity index is 556.